The van der Waals surface area contributed by atoms with Crippen LogP contribution in [0.25, 0.3) is 11.4 Å². The van der Waals surface area contributed by atoms with Crippen molar-refractivity contribution < 1.29 is 9.26 Å². The Morgan fingerprint density at radius 1 is 1.00 bits per heavy atom. The van der Waals surface area contributed by atoms with Gasteiger partial charge in [-0.2, -0.15) is 4.98 Å². The molecule has 5 heteroatoms. The van der Waals surface area contributed by atoms with Crippen LogP contribution in [0.2, 0.25) is 5.02 Å². The highest BCUT2D eigenvalue weighted by Gasteiger charge is 2.30. The van der Waals surface area contributed by atoms with Crippen LogP contribution in [0.3, 0.4) is 0 Å². The first-order chi connectivity index (χ1) is 10.9. The molecule has 0 amide bonds. The summed E-state index contributed by atoms with van der Waals surface area (Å²) in [6.45, 7) is 5.80. The van der Waals surface area contributed by atoms with Crippen molar-refractivity contribution in [3.63, 3.8) is 0 Å². The summed E-state index contributed by atoms with van der Waals surface area (Å²) in [6.07, 6.45) is 0. The molecule has 0 fully saturated rings. The van der Waals surface area contributed by atoms with E-state index in [4.69, 9.17) is 20.9 Å². The molecule has 2 aromatic carbocycles. The second kappa shape index (κ2) is 6.05. The molecule has 0 N–H and O–H groups in total. The van der Waals surface area contributed by atoms with Gasteiger partial charge in [-0.3, -0.25) is 0 Å². The lowest BCUT2D eigenvalue weighted by Crippen LogP contribution is -2.25. The maximum Gasteiger partial charge on any atom is 0.270 e. The Hall–Kier alpha value is -2.33. The molecule has 0 aliphatic carbocycles. The van der Waals surface area contributed by atoms with E-state index in [-0.39, 0.29) is 0 Å². The largest absolute Gasteiger partial charge is 0.478 e. The molecule has 118 valence electrons. The third-order valence-corrected chi connectivity index (χ3v) is 3.69. The second-order valence-corrected chi connectivity index (χ2v) is 6.29. The molecule has 0 spiro atoms. The average molecular weight is 329 g/mol. The van der Waals surface area contributed by atoms with Gasteiger partial charge >= 0.3 is 0 Å². The number of rotatable bonds is 4. The number of hydrogen-bond donors (Lipinski definition) is 0. The molecular formula is C18H17ClN2O2. The Balaban J connectivity index is 1.83. The minimum atomic E-state index is -0.746. The Kier molecular flexibility index (Phi) is 4.09. The third-order valence-electron chi connectivity index (χ3n) is 3.44. The lowest BCUT2D eigenvalue weighted by molar-refractivity contribution is 0.0692. The van der Waals surface area contributed by atoms with Crippen LogP contribution in [0.4, 0.5) is 0 Å². The highest BCUT2D eigenvalue weighted by Crippen LogP contribution is 2.29. The van der Waals surface area contributed by atoms with Crippen molar-refractivity contribution in [3.05, 3.63) is 65.0 Å². The van der Waals surface area contributed by atoms with Gasteiger partial charge in [0.25, 0.3) is 5.89 Å². The molecule has 4 nitrogen and oxygen atoms in total. The molecular weight excluding hydrogens is 312 g/mol. The van der Waals surface area contributed by atoms with Gasteiger partial charge in [0.1, 0.15) is 5.75 Å². The Morgan fingerprint density at radius 2 is 1.65 bits per heavy atom. The van der Waals surface area contributed by atoms with Gasteiger partial charge in [0, 0.05) is 10.6 Å². The highest BCUT2D eigenvalue weighted by atomic mass is 35.5. The molecule has 0 aliphatic heterocycles. The SMILES string of the molecule is Cc1ccc(-c2noc(C(C)(C)Oc3ccc(Cl)cc3)n2)cc1. The maximum absolute atomic E-state index is 5.96. The van der Waals surface area contributed by atoms with E-state index in [1.807, 2.05) is 45.0 Å². The third kappa shape index (κ3) is 3.54. The number of nitrogens with zero attached hydrogens (tertiary/aromatic N) is 2. The molecule has 3 aromatic rings. The van der Waals surface area contributed by atoms with Gasteiger partial charge in [-0.25, -0.2) is 0 Å². The van der Waals surface area contributed by atoms with Gasteiger partial charge < -0.3 is 9.26 Å². The van der Waals surface area contributed by atoms with Gasteiger partial charge in [-0.15, -0.1) is 0 Å². The van der Waals surface area contributed by atoms with E-state index in [0.29, 0.717) is 22.5 Å². The molecule has 23 heavy (non-hydrogen) atoms. The van der Waals surface area contributed by atoms with E-state index in [9.17, 15) is 0 Å². The Bertz CT molecular complexity index is 793. The number of aryl methyl sites for hydroxylation is 1. The lowest BCUT2D eigenvalue weighted by Gasteiger charge is -2.22. The monoisotopic (exact) mass is 328 g/mol. The molecule has 1 heterocycles. The fraction of sp³-hybridized carbons (Fsp3) is 0.222. The molecule has 0 bridgehead atoms. The topological polar surface area (TPSA) is 48.2 Å². The van der Waals surface area contributed by atoms with Crippen LogP contribution < -0.4 is 4.74 Å². The first-order valence-corrected chi connectivity index (χ1v) is 7.68. The van der Waals surface area contributed by atoms with Crippen LogP contribution in [0.5, 0.6) is 5.75 Å². The van der Waals surface area contributed by atoms with E-state index in [1.165, 1.54) is 5.56 Å². The second-order valence-electron chi connectivity index (χ2n) is 5.86. The van der Waals surface area contributed by atoms with Crippen molar-refractivity contribution in [2.75, 3.05) is 0 Å². The van der Waals surface area contributed by atoms with Crippen LogP contribution in [0.1, 0.15) is 25.3 Å². The van der Waals surface area contributed by atoms with Gasteiger partial charge in [0.05, 0.1) is 0 Å². The minimum Gasteiger partial charge on any atom is -0.478 e. The quantitative estimate of drug-likeness (QED) is 0.675. The molecule has 0 radical (unpaired) electrons. The highest BCUT2D eigenvalue weighted by molar-refractivity contribution is 6.30. The zero-order valence-electron chi connectivity index (χ0n) is 13.2. The summed E-state index contributed by atoms with van der Waals surface area (Å²) in [4.78, 5) is 4.47. The predicted octanol–water partition coefficient (Wildman–Crippen LogP) is 5.01. The fourth-order valence-corrected chi connectivity index (χ4v) is 2.25. The van der Waals surface area contributed by atoms with Crippen molar-refractivity contribution in [1.29, 1.82) is 0 Å². The number of benzene rings is 2. The fourth-order valence-electron chi connectivity index (χ4n) is 2.13. The van der Waals surface area contributed by atoms with E-state index in [2.05, 4.69) is 10.1 Å². The average Bonchev–Trinajstić information content (AvgIpc) is 3.01. The van der Waals surface area contributed by atoms with Gasteiger partial charge in [0.2, 0.25) is 5.82 Å². The molecule has 0 saturated carbocycles. The first kappa shape index (κ1) is 15.6. The minimum absolute atomic E-state index is 0.419. The molecule has 0 aliphatic rings. The van der Waals surface area contributed by atoms with Crippen LogP contribution in [-0.4, -0.2) is 10.1 Å². The zero-order valence-corrected chi connectivity index (χ0v) is 14.0. The van der Waals surface area contributed by atoms with Crippen molar-refractivity contribution >= 4 is 11.6 Å². The number of halogens is 1. The molecule has 1 aromatic heterocycles. The zero-order chi connectivity index (χ0) is 16.4. The molecule has 0 saturated heterocycles. The van der Waals surface area contributed by atoms with Crippen molar-refractivity contribution in [1.82, 2.24) is 10.1 Å². The van der Waals surface area contributed by atoms with Crippen molar-refractivity contribution in [2.45, 2.75) is 26.4 Å². The standard InChI is InChI=1S/C18H17ClN2O2/c1-12-4-6-13(7-5-12)16-20-17(23-21-16)18(2,3)22-15-10-8-14(19)9-11-15/h4-11H,1-3H3. The molecule has 3 rings (SSSR count). The van der Waals surface area contributed by atoms with E-state index in [1.54, 1.807) is 24.3 Å². The predicted molar refractivity (Wildman–Crippen MR) is 89.6 cm³/mol. The van der Waals surface area contributed by atoms with Crippen LogP contribution in [0, 0.1) is 6.92 Å². The van der Waals surface area contributed by atoms with E-state index in [0.717, 1.165) is 5.56 Å². The van der Waals surface area contributed by atoms with E-state index >= 15 is 0 Å². The number of aromatic nitrogens is 2. The molecule has 0 atom stereocenters. The van der Waals surface area contributed by atoms with Crippen LogP contribution >= 0.6 is 11.6 Å². The summed E-state index contributed by atoms with van der Waals surface area (Å²) < 4.78 is 11.4. The van der Waals surface area contributed by atoms with Gasteiger partial charge in [-0.1, -0.05) is 46.6 Å². The summed E-state index contributed by atoms with van der Waals surface area (Å²) in [7, 11) is 0. The molecule has 0 unspecified atom stereocenters. The van der Waals surface area contributed by atoms with E-state index < -0.39 is 5.60 Å². The summed E-state index contributed by atoms with van der Waals surface area (Å²) in [5, 5.41) is 4.71. The van der Waals surface area contributed by atoms with Crippen molar-refractivity contribution in [2.24, 2.45) is 0 Å². The Morgan fingerprint density at radius 3 is 2.30 bits per heavy atom. The van der Waals surface area contributed by atoms with Crippen LogP contribution in [-0.2, 0) is 5.60 Å². The van der Waals surface area contributed by atoms with Crippen LogP contribution in [0.15, 0.2) is 53.1 Å². The normalized spacial score (nSPS) is 11.5. The first-order valence-electron chi connectivity index (χ1n) is 7.30. The smallest absolute Gasteiger partial charge is 0.270 e. The Labute approximate surface area is 140 Å². The summed E-state index contributed by atoms with van der Waals surface area (Å²) >= 11 is 5.89. The van der Waals surface area contributed by atoms with Gasteiger partial charge in [-0.05, 0) is 45.0 Å². The summed E-state index contributed by atoms with van der Waals surface area (Å²) in [5.74, 6) is 1.66. The number of hydrogen-bond acceptors (Lipinski definition) is 4. The van der Waals surface area contributed by atoms with Crippen molar-refractivity contribution in [3.8, 4) is 17.1 Å². The number of ether oxygens (including phenoxy) is 1. The maximum atomic E-state index is 5.96. The van der Waals surface area contributed by atoms with Gasteiger partial charge in [0.15, 0.2) is 5.60 Å². The summed E-state index contributed by atoms with van der Waals surface area (Å²) in [6, 6.07) is 15.1. The summed E-state index contributed by atoms with van der Waals surface area (Å²) in [5.41, 5.74) is 1.35. The lowest BCUT2D eigenvalue weighted by atomic mass is 10.1.